The molecule has 3 amide bonds. The first-order valence-corrected chi connectivity index (χ1v) is 4.90. The Balaban J connectivity index is 2.35. The Morgan fingerprint density at radius 3 is 2.53 bits per heavy atom. The normalized spacial score (nSPS) is 20.6. The van der Waals surface area contributed by atoms with Crippen LogP contribution in [0.2, 0.25) is 0 Å². The number of hydrogen-bond acceptors (Lipinski definition) is 2. The van der Waals surface area contributed by atoms with Crippen molar-refractivity contribution in [3.63, 3.8) is 0 Å². The van der Waals surface area contributed by atoms with E-state index in [0.717, 1.165) is 5.56 Å². The molecule has 1 atom stereocenters. The lowest BCUT2D eigenvalue weighted by Gasteiger charge is -2.19. The molecule has 4 heteroatoms. The smallest absolute Gasteiger partial charge is 0.309 e. The number of likely N-dealkylation sites (N-methyl/N-ethyl adjacent to an activating group) is 1. The number of nitrogens with zero attached hydrogens (tertiary/aromatic N) is 1. The number of benzene rings is 1. The zero-order valence-electron chi connectivity index (χ0n) is 8.43. The van der Waals surface area contributed by atoms with Crippen LogP contribution in [0.1, 0.15) is 18.5 Å². The van der Waals surface area contributed by atoms with E-state index in [4.69, 9.17) is 0 Å². The van der Waals surface area contributed by atoms with Crippen LogP contribution < -0.4 is 5.32 Å². The topological polar surface area (TPSA) is 49.4 Å². The zero-order chi connectivity index (χ0) is 10.8. The highest BCUT2D eigenvalue weighted by atomic mass is 16.2. The third-order valence-corrected chi connectivity index (χ3v) is 2.51. The molecule has 15 heavy (non-hydrogen) atoms. The fourth-order valence-electron chi connectivity index (χ4n) is 1.80. The van der Waals surface area contributed by atoms with Gasteiger partial charge in [-0.05, 0) is 12.5 Å². The van der Waals surface area contributed by atoms with E-state index < -0.39 is 6.04 Å². The van der Waals surface area contributed by atoms with Crippen molar-refractivity contribution in [2.45, 2.75) is 13.0 Å². The standard InChI is InChI=1S/C11H12N2O2/c1-2-13-9(10(14)12-11(13)15)8-6-4-3-5-7-8/h3-7,9H,2H2,1H3,(H,12,14,15)/t9-/m0/s1. The maximum atomic E-state index is 11.6. The van der Waals surface area contributed by atoms with Gasteiger partial charge in [0.2, 0.25) is 0 Å². The van der Waals surface area contributed by atoms with Crippen LogP contribution in [0.5, 0.6) is 0 Å². The Kier molecular flexibility index (Phi) is 2.41. The zero-order valence-corrected chi connectivity index (χ0v) is 8.43. The van der Waals surface area contributed by atoms with Gasteiger partial charge in [-0.3, -0.25) is 10.1 Å². The van der Waals surface area contributed by atoms with Gasteiger partial charge in [0, 0.05) is 6.54 Å². The molecule has 1 aliphatic heterocycles. The molecule has 0 aliphatic carbocycles. The highest BCUT2D eigenvalue weighted by molar-refractivity contribution is 6.04. The Morgan fingerprint density at radius 2 is 1.93 bits per heavy atom. The minimum Gasteiger partial charge on any atom is -0.309 e. The SMILES string of the molecule is CCN1C(=O)NC(=O)[C@@H]1c1ccccc1. The third kappa shape index (κ3) is 1.58. The van der Waals surface area contributed by atoms with Crippen LogP contribution in [-0.4, -0.2) is 23.4 Å². The Labute approximate surface area is 87.9 Å². The lowest BCUT2D eigenvalue weighted by atomic mass is 10.1. The summed E-state index contributed by atoms with van der Waals surface area (Å²) in [6.07, 6.45) is 0. The summed E-state index contributed by atoms with van der Waals surface area (Å²) in [7, 11) is 0. The Hall–Kier alpha value is -1.84. The summed E-state index contributed by atoms with van der Waals surface area (Å²) in [4.78, 5) is 24.5. The molecule has 0 radical (unpaired) electrons. The van der Waals surface area contributed by atoms with Crippen molar-refractivity contribution >= 4 is 11.9 Å². The first-order chi connectivity index (χ1) is 7.24. The number of urea groups is 1. The van der Waals surface area contributed by atoms with E-state index in [1.54, 1.807) is 0 Å². The second-order valence-electron chi connectivity index (χ2n) is 3.39. The molecule has 78 valence electrons. The lowest BCUT2D eigenvalue weighted by Crippen LogP contribution is -2.29. The second kappa shape index (κ2) is 3.73. The van der Waals surface area contributed by atoms with Crippen LogP contribution in [0.3, 0.4) is 0 Å². The molecule has 2 rings (SSSR count). The summed E-state index contributed by atoms with van der Waals surface area (Å²) < 4.78 is 0. The van der Waals surface area contributed by atoms with Crippen molar-refractivity contribution in [2.24, 2.45) is 0 Å². The van der Waals surface area contributed by atoms with Gasteiger partial charge in [0.1, 0.15) is 6.04 Å². The monoisotopic (exact) mass is 204 g/mol. The van der Waals surface area contributed by atoms with Gasteiger partial charge in [-0.2, -0.15) is 0 Å². The molecule has 4 nitrogen and oxygen atoms in total. The van der Waals surface area contributed by atoms with Gasteiger partial charge in [0.25, 0.3) is 5.91 Å². The van der Waals surface area contributed by atoms with E-state index in [-0.39, 0.29) is 11.9 Å². The van der Waals surface area contributed by atoms with Crippen LogP contribution in [0.25, 0.3) is 0 Å². The van der Waals surface area contributed by atoms with Gasteiger partial charge in [0.05, 0.1) is 0 Å². The summed E-state index contributed by atoms with van der Waals surface area (Å²) in [6.45, 7) is 2.38. The first kappa shape index (κ1) is 9.71. The molecule has 0 spiro atoms. The number of carbonyl (C=O) groups is 2. The number of amides is 3. The average Bonchev–Trinajstić information content (AvgIpc) is 2.54. The molecule has 1 fully saturated rings. The molecular formula is C11H12N2O2. The van der Waals surface area contributed by atoms with Gasteiger partial charge in [-0.25, -0.2) is 4.79 Å². The summed E-state index contributed by atoms with van der Waals surface area (Å²) in [5.74, 6) is -0.243. The first-order valence-electron chi connectivity index (χ1n) is 4.90. The minimum absolute atomic E-state index is 0.243. The molecule has 0 unspecified atom stereocenters. The van der Waals surface area contributed by atoms with Crippen LogP contribution >= 0.6 is 0 Å². The second-order valence-corrected chi connectivity index (χ2v) is 3.39. The van der Waals surface area contributed by atoms with E-state index in [1.807, 2.05) is 37.3 Å². The summed E-state index contributed by atoms with van der Waals surface area (Å²) in [6, 6.07) is 8.53. The Bertz CT molecular complexity index is 389. The molecule has 1 aromatic rings. The molecular weight excluding hydrogens is 192 g/mol. The summed E-state index contributed by atoms with van der Waals surface area (Å²) in [5.41, 5.74) is 0.850. The molecule has 1 aliphatic rings. The number of nitrogens with one attached hydrogen (secondary N) is 1. The molecule has 1 saturated heterocycles. The van der Waals surface area contributed by atoms with Gasteiger partial charge >= 0.3 is 6.03 Å². The average molecular weight is 204 g/mol. The van der Waals surface area contributed by atoms with Crippen LogP contribution in [0.4, 0.5) is 4.79 Å². The molecule has 1 N–H and O–H groups in total. The predicted molar refractivity (Wildman–Crippen MR) is 55.1 cm³/mol. The van der Waals surface area contributed by atoms with E-state index in [9.17, 15) is 9.59 Å². The molecule has 0 bridgehead atoms. The third-order valence-electron chi connectivity index (χ3n) is 2.51. The predicted octanol–water partition coefficient (Wildman–Crippen LogP) is 1.30. The molecule has 0 aromatic heterocycles. The van der Waals surface area contributed by atoms with Crippen LogP contribution in [0.15, 0.2) is 30.3 Å². The molecule has 1 heterocycles. The van der Waals surface area contributed by atoms with Gasteiger partial charge < -0.3 is 4.90 Å². The van der Waals surface area contributed by atoms with E-state index >= 15 is 0 Å². The quantitative estimate of drug-likeness (QED) is 0.738. The van der Waals surface area contributed by atoms with E-state index in [0.29, 0.717) is 6.54 Å². The molecule has 1 aromatic carbocycles. The van der Waals surface area contributed by atoms with Gasteiger partial charge in [0.15, 0.2) is 0 Å². The van der Waals surface area contributed by atoms with Crippen molar-refractivity contribution in [2.75, 3.05) is 6.54 Å². The maximum absolute atomic E-state index is 11.6. The maximum Gasteiger partial charge on any atom is 0.325 e. The van der Waals surface area contributed by atoms with E-state index in [1.165, 1.54) is 4.90 Å². The van der Waals surface area contributed by atoms with Crippen molar-refractivity contribution in [3.8, 4) is 0 Å². The minimum atomic E-state index is -0.469. The van der Waals surface area contributed by atoms with Crippen molar-refractivity contribution < 1.29 is 9.59 Å². The van der Waals surface area contributed by atoms with E-state index in [2.05, 4.69) is 5.32 Å². The Morgan fingerprint density at radius 1 is 1.27 bits per heavy atom. The van der Waals surface area contributed by atoms with Gasteiger partial charge in [-0.15, -0.1) is 0 Å². The van der Waals surface area contributed by atoms with Crippen molar-refractivity contribution in [3.05, 3.63) is 35.9 Å². The number of carbonyl (C=O) groups excluding carboxylic acids is 2. The van der Waals surface area contributed by atoms with Gasteiger partial charge in [-0.1, -0.05) is 30.3 Å². The van der Waals surface area contributed by atoms with Crippen molar-refractivity contribution in [1.29, 1.82) is 0 Å². The van der Waals surface area contributed by atoms with Crippen LogP contribution in [0, 0.1) is 0 Å². The fourth-order valence-corrected chi connectivity index (χ4v) is 1.80. The fraction of sp³-hybridized carbons (Fsp3) is 0.273. The summed E-state index contributed by atoms with van der Waals surface area (Å²) in [5, 5.41) is 2.31. The molecule has 0 saturated carbocycles. The van der Waals surface area contributed by atoms with Crippen molar-refractivity contribution in [1.82, 2.24) is 10.2 Å². The van der Waals surface area contributed by atoms with Crippen LogP contribution in [-0.2, 0) is 4.79 Å². The highest BCUT2D eigenvalue weighted by Crippen LogP contribution is 2.24. The highest BCUT2D eigenvalue weighted by Gasteiger charge is 2.37. The largest absolute Gasteiger partial charge is 0.325 e. The lowest BCUT2D eigenvalue weighted by molar-refractivity contribution is -0.121. The number of rotatable bonds is 2. The number of hydrogen-bond donors (Lipinski definition) is 1. The summed E-state index contributed by atoms with van der Waals surface area (Å²) >= 11 is 0. The number of imide groups is 1.